The van der Waals surface area contributed by atoms with Gasteiger partial charge < -0.3 is 0 Å². The number of hydrogen-bond donors (Lipinski definition) is 0. The number of aryl methyl sites for hydroxylation is 1. The summed E-state index contributed by atoms with van der Waals surface area (Å²) in [6.45, 7) is 3.93. The number of rotatable bonds is 1. The van der Waals surface area contributed by atoms with Gasteiger partial charge in [-0.05, 0) is 26.0 Å². The minimum Gasteiger partial charge on any atom is -0.296 e. The number of pyridine rings is 1. The maximum atomic E-state index is 12.3. The quantitative estimate of drug-likeness (QED) is 0.760. The van der Waals surface area contributed by atoms with Crippen molar-refractivity contribution in [2.45, 2.75) is 19.9 Å². The van der Waals surface area contributed by atoms with Gasteiger partial charge in [0.1, 0.15) is 0 Å². The number of imidazole rings is 1. The Morgan fingerprint density at radius 2 is 2.06 bits per heavy atom. The van der Waals surface area contributed by atoms with Gasteiger partial charge in [0, 0.05) is 18.9 Å². The number of carbonyl (C=O) groups is 1. The van der Waals surface area contributed by atoms with Gasteiger partial charge in [0.2, 0.25) is 5.95 Å². The van der Waals surface area contributed by atoms with Crippen LogP contribution in [0.4, 0.5) is 5.95 Å². The molecule has 92 valence electrons. The molecule has 0 aliphatic carbocycles. The van der Waals surface area contributed by atoms with Crippen molar-refractivity contribution in [2.75, 3.05) is 11.9 Å². The summed E-state index contributed by atoms with van der Waals surface area (Å²) in [5, 5.41) is 0. The fourth-order valence-corrected chi connectivity index (χ4v) is 2.34. The van der Waals surface area contributed by atoms with E-state index in [1.807, 2.05) is 36.6 Å². The molecule has 2 aromatic rings. The minimum atomic E-state index is -0.382. The van der Waals surface area contributed by atoms with Crippen LogP contribution in [0.15, 0.2) is 24.4 Å². The van der Waals surface area contributed by atoms with Crippen molar-refractivity contribution < 1.29 is 4.79 Å². The minimum absolute atomic E-state index is 0.0132. The first-order valence-electron chi connectivity index (χ1n) is 5.85. The normalized spacial score (nSPS) is 18.3. The summed E-state index contributed by atoms with van der Waals surface area (Å²) in [6.07, 6.45) is 1.71. The molecule has 5 nitrogen and oxygen atoms in total. The van der Waals surface area contributed by atoms with Crippen LogP contribution in [0.5, 0.6) is 0 Å². The summed E-state index contributed by atoms with van der Waals surface area (Å²) in [4.78, 5) is 22.6. The van der Waals surface area contributed by atoms with Crippen LogP contribution in [0.2, 0.25) is 0 Å². The molecule has 2 aromatic heterocycles. The number of nitrogens with zero attached hydrogens (tertiary/aromatic N) is 4. The van der Waals surface area contributed by atoms with Crippen molar-refractivity contribution in [1.82, 2.24) is 14.5 Å². The molecule has 0 radical (unpaired) electrons. The van der Waals surface area contributed by atoms with Crippen LogP contribution < -0.4 is 4.90 Å². The van der Waals surface area contributed by atoms with Crippen molar-refractivity contribution in [3.63, 3.8) is 0 Å². The van der Waals surface area contributed by atoms with E-state index in [0.717, 1.165) is 17.1 Å². The van der Waals surface area contributed by atoms with E-state index in [1.165, 1.54) is 0 Å². The number of anilines is 1. The van der Waals surface area contributed by atoms with Crippen molar-refractivity contribution >= 4 is 11.9 Å². The van der Waals surface area contributed by atoms with Gasteiger partial charge in [-0.2, -0.15) is 0 Å². The predicted molar refractivity (Wildman–Crippen MR) is 67.5 cm³/mol. The van der Waals surface area contributed by atoms with Crippen LogP contribution in [0.3, 0.4) is 0 Å². The van der Waals surface area contributed by atoms with Crippen LogP contribution in [0, 0.1) is 13.8 Å². The zero-order valence-electron chi connectivity index (χ0n) is 10.6. The molecule has 3 rings (SSSR count). The molecule has 0 aromatic carbocycles. The fraction of sp³-hybridized carbons (Fsp3) is 0.308. The molecule has 1 amide bonds. The third kappa shape index (κ3) is 1.30. The number of carbonyl (C=O) groups excluding carboxylic acids is 1. The number of amides is 1. The van der Waals surface area contributed by atoms with Crippen LogP contribution >= 0.6 is 0 Å². The maximum absolute atomic E-state index is 12.3. The maximum Gasteiger partial charge on any atom is 0.258 e. The van der Waals surface area contributed by atoms with E-state index < -0.39 is 0 Å². The Balaban J connectivity index is 2.21. The molecular formula is C13H14N4O. The van der Waals surface area contributed by atoms with Crippen LogP contribution in [-0.4, -0.2) is 27.5 Å². The van der Waals surface area contributed by atoms with E-state index in [0.29, 0.717) is 5.95 Å². The lowest BCUT2D eigenvalue weighted by atomic mass is 10.1. The standard InChI is InChI=1S/C13H14N4O/c1-8-9(2)17-11(10-6-4-5-7-14-10)12(18)16(3)13(17)15-8/h4-7,11H,1-3H3. The molecule has 0 spiro atoms. The summed E-state index contributed by atoms with van der Waals surface area (Å²) < 4.78 is 1.96. The second kappa shape index (κ2) is 3.66. The SMILES string of the molecule is Cc1nc2n(c1C)C(c1ccccn1)C(=O)N2C. The Hall–Kier alpha value is -2.17. The molecule has 5 heteroatoms. The second-order valence-electron chi connectivity index (χ2n) is 4.51. The van der Waals surface area contributed by atoms with Gasteiger partial charge in [-0.1, -0.05) is 6.07 Å². The summed E-state index contributed by atoms with van der Waals surface area (Å²) in [6, 6.07) is 5.24. The molecule has 1 unspecified atom stereocenters. The first-order valence-corrected chi connectivity index (χ1v) is 5.85. The summed E-state index contributed by atoms with van der Waals surface area (Å²) >= 11 is 0. The first-order chi connectivity index (χ1) is 8.61. The highest BCUT2D eigenvalue weighted by molar-refractivity contribution is 6.00. The third-order valence-electron chi connectivity index (χ3n) is 3.46. The van der Waals surface area contributed by atoms with Crippen molar-refractivity contribution in [3.8, 4) is 0 Å². The average Bonchev–Trinajstić information content (AvgIpc) is 2.80. The third-order valence-corrected chi connectivity index (χ3v) is 3.46. The number of fused-ring (bicyclic) bond motifs is 1. The van der Waals surface area contributed by atoms with Gasteiger partial charge in [-0.25, -0.2) is 4.98 Å². The van der Waals surface area contributed by atoms with Gasteiger partial charge >= 0.3 is 0 Å². The van der Waals surface area contributed by atoms with Crippen LogP contribution in [-0.2, 0) is 4.79 Å². The van der Waals surface area contributed by atoms with Gasteiger partial charge in [0.05, 0.1) is 11.4 Å². The molecule has 0 bridgehead atoms. The molecule has 0 saturated heterocycles. The lowest BCUT2D eigenvalue weighted by Crippen LogP contribution is -2.26. The van der Waals surface area contributed by atoms with E-state index in [1.54, 1.807) is 18.1 Å². The Labute approximate surface area is 105 Å². The highest BCUT2D eigenvalue weighted by atomic mass is 16.2. The van der Waals surface area contributed by atoms with E-state index in [-0.39, 0.29) is 11.9 Å². The molecule has 18 heavy (non-hydrogen) atoms. The van der Waals surface area contributed by atoms with E-state index in [2.05, 4.69) is 9.97 Å². The van der Waals surface area contributed by atoms with E-state index in [4.69, 9.17) is 0 Å². The molecule has 1 aliphatic heterocycles. The molecule has 0 N–H and O–H groups in total. The Morgan fingerprint density at radius 3 is 2.72 bits per heavy atom. The monoisotopic (exact) mass is 242 g/mol. The second-order valence-corrected chi connectivity index (χ2v) is 4.51. The Morgan fingerprint density at radius 1 is 1.28 bits per heavy atom. The highest BCUT2D eigenvalue weighted by Gasteiger charge is 2.39. The lowest BCUT2D eigenvalue weighted by Gasteiger charge is -2.12. The van der Waals surface area contributed by atoms with Gasteiger partial charge in [0.25, 0.3) is 5.91 Å². The number of likely N-dealkylation sites (N-methyl/N-ethyl adjacent to an activating group) is 1. The zero-order valence-corrected chi connectivity index (χ0v) is 10.6. The average molecular weight is 242 g/mol. The van der Waals surface area contributed by atoms with Crippen LogP contribution in [0.1, 0.15) is 23.1 Å². The van der Waals surface area contributed by atoms with E-state index in [9.17, 15) is 4.79 Å². The topological polar surface area (TPSA) is 51.0 Å². The van der Waals surface area contributed by atoms with Crippen molar-refractivity contribution in [1.29, 1.82) is 0 Å². The summed E-state index contributed by atoms with van der Waals surface area (Å²) in [7, 11) is 1.75. The fourth-order valence-electron chi connectivity index (χ4n) is 2.34. The van der Waals surface area contributed by atoms with Gasteiger partial charge in [-0.15, -0.1) is 0 Å². The summed E-state index contributed by atoms with van der Waals surface area (Å²) in [5.41, 5.74) is 2.72. The number of aromatic nitrogens is 3. The summed E-state index contributed by atoms with van der Waals surface area (Å²) in [5.74, 6) is 0.713. The molecule has 0 fully saturated rings. The van der Waals surface area contributed by atoms with Crippen LogP contribution in [0.25, 0.3) is 0 Å². The highest BCUT2D eigenvalue weighted by Crippen LogP contribution is 2.34. The first kappa shape index (κ1) is 11.0. The van der Waals surface area contributed by atoms with Gasteiger partial charge in [-0.3, -0.25) is 19.2 Å². The Kier molecular flexibility index (Phi) is 2.23. The molecule has 1 atom stereocenters. The van der Waals surface area contributed by atoms with Crippen molar-refractivity contribution in [3.05, 3.63) is 41.5 Å². The molecule has 3 heterocycles. The lowest BCUT2D eigenvalue weighted by molar-refractivity contribution is -0.119. The van der Waals surface area contributed by atoms with Crippen molar-refractivity contribution in [2.24, 2.45) is 0 Å². The molecule has 1 aliphatic rings. The number of hydrogen-bond acceptors (Lipinski definition) is 3. The molecular weight excluding hydrogens is 228 g/mol. The van der Waals surface area contributed by atoms with E-state index >= 15 is 0 Å². The predicted octanol–water partition coefficient (Wildman–Crippen LogP) is 1.46. The smallest absolute Gasteiger partial charge is 0.258 e. The van der Waals surface area contributed by atoms with Gasteiger partial charge in [0.15, 0.2) is 6.04 Å². The zero-order chi connectivity index (χ0) is 12.9. The Bertz CT molecular complexity index is 617. The molecule has 0 saturated carbocycles. The largest absolute Gasteiger partial charge is 0.296 e.